The van der Waals surface area contributed by atoms with E-state index in [0.29, 0.717) is 61.7 Å². The summed E-state index contributed by atoms with van der Waals surface area (Å²) in [5.41, 5.74) is 8.36. The Morgan fingerprint density at radius 3 is 2.64 bits per heavy atom. The molecule has 12 nitrogen and oxygen atoms in total. The molecule has 3 aromatic carbocycles. The quantitative estimate of drug-likeness (QED) is 0.0926. The van der Waals surface area contributed by atoms with Gasteiger partial charge in [-0.1, -0.05) is 24.3 Å². The number of ether oxygens (including phenoxy) is 1. The first-order valence-electron chi connectivity index (χ1n) is 18.7. The molecule has 2 fully saturated rings. The number of halogens is 2. The zero-order valence-electron chi connectivity index (χ0n) is 30.9. The van der Waals surface area contributed by atoms with Gasteiger partial charge in [-0.15, -0.1) is 0 Å². The van der Waals surface area contributed by atoms with Gasteiger partial charge in [-0.2, -0.15) is 8.78 Å². The summed E-state index contributed by atoms with van der Waals surface area (Å²) < 4.78 is 38.1. The molecular formula is C42H41F2N7O5. The molecule has 0 saturated carbocycles. The first-order chi connectivity index (χ1) is 27.1. The minimum Gasteiger partial charge on any atom is -0.480 e. The molecule has 0 aliphatic carbocycles. The summed E-state index contributed by atoms with van der Waals surface area (Å²) in [6.07, 6.45) is 6.22. The van der Waals surface area contributed by atoms with Gasteiger partial charge in [0.25, 0.3) is 0 Å². The number of fused-ring (bicyclic) bond motifs is 2. The van der Waals surface area contributed by atoms with Crippen LogP contribution in [0, 0.1) is 13.8 Å². The van der Waals surface area contributed by atoms with Crippen molar-refractivity contribution in [2.45, 2.75) is 71.3 Å². The number of likely N-dealkylation sites (tertiary alicyclic amines) is 1. The minimum atomic E-state index is -3.07. The number of carbonyl (C=O) groups excluding carboxylic acids is 1. The summed E-state index contributed by atoms with van der Waals surface area (Å²) in [5.74, 6) is 0.0431. The van der Waals surface area contributed by atoms with Crippen LogP contribution in [0.1, 0.15) is 47.9 Å². The lowest BCUT2D eigenvalue weighted by atomic mass is 9.93. The number of carboxylic acids is 1. The summed E-state index contributed by atoms with van der Waals surface area (Å²) in [7, 11) is 0. The fourth-order valence-corrected chi connectivity index (χ4v) is 7.82. The van der Waals surface area contributed by atoms with Crippen molar-refractivity contribution >= 4 is 45.4 Å². The van der Waals surface area contributed by atoms with Gasteiger partial charge in [-0.3, -0.25) is 19.5 Å². The number of alkyl halides is 2. The van der Waals surface area contributed by atoms with Crippen molar-refractivity contribution in [3.63, 3.8) is 0 Å². The van der Waals surface area contributed by atoms with Gasteiger partial charge in [0.2, 0.25) is 11.8 Å². The molecule has 0 radical (unpaired) electrons. The molecule has 2 aliphatic rings. The molecule has 2 saturated heterocycles. The third-order valence-corrected chi connectivity index (χ3v) is 10.7. The summed E-state index contributed by atoms with van der Waals surface area (Å²) in [5, 5.41) is 20.5. The second kappa shape index (κ2) is 15.6. The minimum absolute atomic E-state index is 0.0723. The van der Waals surface area contributed by atoms with E-state index in [2.05, 4.69) is 27.0 Å². The molecule has 8 rings (SSSR count). The fraction of sp³-hybridized carbons (Fsp3) is 0.310. The van der Waals surface area contributed by atoms with E-state index in [1.165, 1.54) is 6.07 Å². The van der Waals surface area contributed by atoms with Crippen molar-refractivity contribution in [1.82, 2.24) is 30.5 Å². The van der Waals surface area contributed by atoms with Gasteiger partial charge in [0, 0.05) is 72.8 Å². The van der Waals surface area contributed by atoms with Crippen LogP contribution >= 0.6 is 0 Å². The normalized spacial score (nSPS) is 17.3. The van der Waals surface area contributed by atoms with Crippen molar-refractivity contribution < 1.29 is 32.6 Å². The summed E-state index contributed by atoms with van der Waals surface area (Å²) in [6.45, 7) is 2.96. The van der Waals surface area contributed by atoms with Crippen LogP contribution in [0.3, 0.4) is 0 Å². The maximum atomic E-state index is 13.5. The first kappa shape index (κ1) is 37.0. The third-order valence-electron chi connectivity index (χ3n) is 10.7. The van der Waals surface area contributed by atoms with E-state index in [1.807, 2.05) is 62.5 Å². The molecule has 2 atom stereocenters. The van der Waals surface area contributed by atoms with E-state index in [9.17, 15) is 23.5 Å². The van der Waals surface area contributed by atoms with Crippen LogP contribution < -0.4 is 20.7 Å². The average Bonchev–Trinajstić information content (AvgIpc) is 3.92. The predicted molar refractivity (Wildman–Crippen MR) is 208 cm³/mol. The van der Waals surface area contributed by atoms with Gasteiger partial charge in [0.1, 0.15) is 22.8 Å². The van der Waals surface area contributed by atoms with E-state index in [-0.39, 0.29) is 29.8 Å². The molecule has 5 heterocycles. The van der Waals surface area contributed by atoms with Gasteiger partial charge in [0.15, 0.2) is 11.4 Å². The van der Waals surface area contributed by atoms with Crippen LogP contribution in [0.15, 0.2) is 77.5 Å². The van der Waals surface area contributed by atoms with Gasteiger partial charge < -0.3 is 30.2 Å². The number of amides is 1. The Labute approximate surface area is 321 Å². The number of hydrogen-bond acceptors (Lipinski definition) is 10. The summed E-state index contributed by atoms with van der Waals surface area (Å²) >= 11 is 0. The van der Waals surface area contributed by atoms with Crippen molar-refractivity contribution in [3.05, 3.63) is 95.3 Å². The lowest BCUT2D eigenvalue weighted by Crippen LogP contribution is -2.35. The fourth-order valence-electron chi connectivity index (χ4n) is 7.82. The number of oxazole rings is 1. The second-order valence-electron chi connectivity index (χ2n) is 14.4. The average molecular weight is 762 g/mol. The molecule has 4 N–H and O–H groups in total. The zero-order valence-corrected chi connectivity index (χ0v) is 30.9. The van der Waals surface area contributed by atoms with Gasteiger partial charge >= 0.3 is 12.6 Å². The molecule has 2 unspecified atom stereocenters. The lowest BCUT2D eigenvalue weighted by Gasteiger charge is -2.22. The SMILES string of the molecule is Cc1c(Nc2nccc3cc(CNCC4CCC(=O)N4)cnc23)cccc1-c1cccc(-c2nc3cc(CN4CCCC4C(=O)O)c(OC(F)F)cc3o2)c1C. The van der Waals surface area contributed by atoms with Crippen LogP contribution in [0.2, 0.25) is 0 Å². The summed E-state index contributed by atoms with van der Waals surface area (Å²) in [6, 6.07) is 18.4. The number of aromatic nitrogens is 3. The molecule has 0 spiro atoms. The smallest absolute Gasteiger partial charge is 0.387 e. The molecule has 0 bridgehead atoms. The number of rotatable bonds is 13. The number of pyridine rings is 2. The van der Waals surface area contributed by atoms with Gasteiger partial charge in [0.05, 0.1) is 0 Å². The van der Waals surface area contributed by atoms with Crippen molar-refractivity contribution in [2.24, 2.45) is 0 Å². The van der Waals surface area contributed by atoms with Gasteiger partial charge in [-0.05, 0) is 97.8 Å². The van der Waals surface area contributed by atoms with E-state index < -0.39 is 18.6 Å². The number of hydrogen-bond donors (Lipinski definition) is 4. The Morgan fingerprint density at radius 1 is 1.05 bits per heavy atom. The molecule has 288 valence electrons. The topological polar surface area (TPSA) is 155 Å². The molecule has 3 aromatic heterocycles. The predicted octanol–water partition coefficient (Wildman–Crippen LogP) is 7.48. The van der Waals surface area contributed by atoms with E-state index in [4.69, 9.17) is 19.1 Å². The maximum Gasteiger partial charge on any atom is 0.387 e. The number of anilines is 2. The Bertz CT molecular complexity index is 2450. The number of benzene rings is 3. The monoisotopic (exact) mass is 761 g/mol. The van der Waals surface area contributed by atoms with Crippen molar-refractivity contribution in [3.8, 4) is 28.3 Å². The number of nitrogens with zero attached hydrogens (tertiary/aromatic N) is 4. The number of carbonyl (C=O) groups is 2. The van der Waals surface area contributed by atoms with Crippen LogP contribution in [-0.4, -0.2) is 68.6 Å². The zero-order chi connectivity index (χ0) is 38.9. The highest BCUT2D eigenvalue weighted by molar-refractivity contribution is 5.91. The van der Waals surface area contributed by atoms with Crippen LogP contribution in [-0.2, 0) is 22.7 Å². The highest BCUT2D eigenvalue weighted by Crippen LogP contribution is 2.38. The van der Waals surface area contributed by atoms with Crippen LogP contribution in [0.5, 0.6) is 5.75 Å². The maximum absolute atomic E-state index is 13.5. The third kappa shape index (κ3) is 7.62. The van der Waals surface area contributed by atoms with Crippen LogP contribution in [0.4, 0.5) is 20.3 Å². The van der Waals surface area contributed by atoms with E-state index >= 15 is 0 Å². The highest BCUT2D eigenvalue weighted by Gasteiger charge is 2.31. The van der Waals surface area contributed by atoms with Crippen LogP contribution in [0.25, 0.3) is 44.6 Å². The molecule has 14 heteroatoms. The highest BCUT2D eigenvalue weighted by atomic mass is 19.3. The van der Waals surface area contributed by atoms with Gasteiger partial charge in [-0.25, -0.2) is 9.97 Å². The molecular weight excluding hydrogens is 721 g/mol. The molecule has 1 amide bonds. The largest absolute Gasteiger partial charge is 0.480 e. The lowest BCUT2D eigenvalue weighted by molar-refractivity contribution is -0.142. The Kier molecular flexibility index (Phi) is 10.3. The number of aliphatic carboxylic acids is 1. The second-order valence-corrected chi connectivity index (χ2v) is 14.4. The van der Waals surface area contributed by atoms with Crippen molar-refractivity contribution in [2.75, 3.05) is 18.4 Å². The Hall–Kier alpha value is -5.99. The Balaban J connectivity index is 1.05. The van der Waals surface area contributed by atoms with E-state index in [1.54, 1.807) is 17.2 Å². The standard InChI is InChI=1S/C42H41F2N7O5/c1-23-29(6-3-8-31(23)40-50-33-17-27(22-51-15-5-10-34(51)41(53)54)35(56-42(43)44)18-36(33)55-40)30-7-4-9-32(24(30)2)49-39-38-26(13-14-46-39)16-25(20-47-38)19-45-21-28-11-12-37(52)48-28/h3-4,6-9,13-14,16-18,20,28,34,42,45H,5,10-12,15,19,21-22H2,1-2H3,(H,46,49)(H,48,52)(H,53,54). The molecule has 6 aromatic rings. The number of carboxylic acid groups (broad SMARTS) is 1. The summed E-state index contributed by atoms with van der Waals surface area (Å²) in [4.78, 5) is 39.2. The van der Waals surface area contributed by atoms with E-state index in [0.717, 1.165) is 56.4 Å². The first-order valence-corrected chi connectivity index (χ1v) is 18.7. The molecule has 56 heavy (non-hydrogen) atoms. The number of nitrogens with one attached hydrogen (secondary N) is 3. The van der Waals surface area contributed by atoms with Crippen molar-refractivity contribution in [1.29, 1.82) is 0 Å². The molecule has 2 aliphatic heterocycles. The Morgan fingerprint density at radius 2 is 1.86 bits per heavy atom.